The summed E-state index contributed by atoms with van der Waals surface area (Å²) in [6.45, 7) is 5.82. The summed E-state index contributed by atoms with van der Waals surface area (Å²) in [7, 11) is 0. The number of rotatable bonds is 4. The number of anilines is 1. The lowest BCUT2D eigenvalue weighted by molar-refractivity contribution is -0.0142. The van der Waals surface area contributed by atoms with E-state index >= 15 is 0 Å². The van der Waals surface area contributed by atoms with Crippen LogP contribution in [0.1, 0.15) is 30.1 Å². The third-order valence-electron chi connectivity index (χ3n) is 4.93. The number of morpholine rings is 1. The van der Waals surface area contributed by atoms with Gasteiger partial charge in [0.25, 0.3) is 0 Å². The monoisotopic (exact) mass is 312 g/mol. The molecule has 2 aromatic rings. The van der Waals surface area contributed by atoms with Crippen LogP contribution in [-0.2, 0) is 11.3 Å². The molecule has 5 heteroatoms. The summed E-state index contributed by atoms with van der Waals surface area (Å²) < 4.78 is 5.70. The minimum absolute atomic E-state index is 0.262. The molecule has 23 heavy (non-hydrogen) atoms. The SMILES string of the molecule is c1ccc(N2CCCC2)c(CN2CCOC[C@@H]2c2ccn[nH]2)c1. The number of nitrogens with zero attached hydrogens (tertiary/aromatic N) is 3. The second-order valence-corrected chi connectivity index (χ2v) is 6.40. The number of ether oxygens (including phenoxy) is 1. The molecule has 122 valence electrons. The van der Waals surface area contributed by atoms with Crippen molar-refractivity contribution in [3.05, 3.63) is 47.8 Å². The van der Waals surface area contributed by atoms with Crippen LogP contribution in [0.2, 0.25) is 0 Å². The molecular weight excluding hydrogens is 288 g/mol. The molecule has 1 N–H and O–H groups in total. The van der Waals surface area contributed by atoms with Gasteiger partial charge in [-0.05, 0) is 30.5 Å². The Hall–Kier alpha value is -1.85. The second-order valence-electron chi connectivity index (χ2n) is 6.40. The fourth-order valence-electron chi connectivity index (χ4n) is 3.70. The topological polar surface area (TPSA) is 44.4 Å². The van der Waals surface area contributed by atoms with Gasteiger partial charge in [0.05, 0.1) is 24.9 Å². The van der Waals surface area contributed by atoms with Crippen LogP contribution in [0.3, 0.4) is 0 Å². The number of hydrogen-bond acceptors (Lipinski definition) is 4. The summed E-state index contributed by atoms with van der Waals surface area (Å²) in [5, 5.41) is 7.21. The quantitative estimate of drug-likeness (QED) is 0.942. The number of H-pyrrole nitrogens is 1. The van der Waals surface area contributed by atoms with Crippen molar-refractivity contribution in [1.82, 2.24) is 15.1 Å². The Bertz CT molecular complexity index is 622. The van der Waals surface area contributed by atoms with E-state index in [0.29, 0.717) is 0 Å². The molecule has 2 aliphatic heterocycles. The maximum absolute atomic E-state index is 5.70. The Morgan fingerprint density at radius 3 is 2.83 bits per heavy atom. The first-order valence-corrected chi connectivity index (χ1v) is 8.56. The lowest BCUT2D eigenvalue weighted by Crippen LogP contribution is -2.39. The van der Waals surface area contributed by atoms with E-state index in [4.69, 9.17) is 4.74 Å². The highest BCUT2D eigenvalue weighted by Crippen LogP contribution is 2.29. The highest BCUT2D eigenvalue weighted by atomic mass is 16.5. The van der Waals surface area contributed by atoms with E-state index in [-0.39, 0.29) is 6.04 Å². The van der Waals surface area contributed by atoms with Crippen LogP contribution in [-0.4, -0.2) is 47.9 Å². The summed E-state index contributed by atoms with van der Waals surface area (Å²) in [4.78, 5) is 5.03. The Kier molecular flexibility index (Phi) is 4.30. The molecule has 0 saturated carbocycles. The zero-order chi connectivity index (χ0) is 15.5. The normalized spacial score (nSPS) is 22.6. The molecule has 1 aromatic heterocycles. The lowest BCUT2D eigenvalue weighted by Gasteiger charge is -2.35. The highest BCUT2D eigenvalue weighted by Gasteiger charge is 2.27. The van der Waals surface area contributed by atoms with Gasteiger partial charge in [-0.25, -0.2) is 0 Å². The van der Waals surface area contributed by atoms with Gasteiger partial charge in [-0.3, -0.25) is 10.00 Å². The first kappa shape index (κ1) is 14.7. The van der Waals surface area contributed by atoms with Gasteiger partial charge in [-0.15, -0.1) is 0 Å². The molecule has 2 saturated heterocycles. The minimum Gasteiger partial charge on any atom is -0.378 e. The van der Waals surface area contributed by atoms with Gasteiger partial charge in [0.15, 0.2) is 0 Å². The van der Waals surface area contributed by atoms with Crippen LogP contribution in [0.25, 0.3) is 0 Å². The third kappa shape index (κ3) is 3.12. The van der Waals surface area contributed by atoms with Gasteiger partial charge in [-0.2, -0.15) is 5.10 Å². The van der Waals surface area contributed by atoms with Crippen LogP contribution >= 0.6 is 0 Å². The predicted octanol–water partition coefficient (Wildman–Crippen LogP) is 2.58. The summed E-state index contributed by atoms with van der Waals surface area (Å²) in [5.41, 5.74) is 3.96. The maximum Gasteiger partial charge on any atom is 0.0755 e. The average Bonchev–Trinajstić information content (AvgIpc) is 3.30. The average molecular weight is 312 g/mol. The summed E-state index contributed by atoms with van der Waals surface area (Å²) in [6.07, 6.45) is 4.44. The van der Waals surface area contributed by atoms with Crippen molar-refractivity contribution in [3.8, 4) is 0 Å². The Balaban J connectivity index is 1.56. The molecule has 0 unspecified atom stereocenters. The number of nitrogens with one attached hydrogen (secondary N) is 1. The van der Waals surface area contributed by atoms with Gasteiger partial charge in [0, 0.05) is 38.1 Å². The molecule has 0 spiro atoms. The summed E-state index contributed by atoms with van der Waals surface area (Å²) in [5.74, 6) is 0. The van der Waals surface area contributed by atoms with Crippen molar-refractivity contribution < 1.29 is 4.74 Å². The molecule has 0 aliphatic carbocycles. The van der Waals surface area contributed by atoms with Gasteiger partial charge < -0.3 is 9.64 Å². The van der Waals surface area contributed by atoms with Crippen LogP contribution in [0.5, 0.6) is 0 Å². The molecule has 0 bridgehead atoms. The van der Waals surface area contributed by atoms with Crippen molar-refractivity contribution in [3.63, 3.8) is 0 Å². The summed E-state index contributed by atoms with van der Waals surface area (Å²) in [6, 6.07) is 11.2. The molecule has 1 aromatic carbocycles. The van der Waals surface area contributed by atoms with E-state index in [1.165, 1.54) is 37.2 Å². The Labute approximate surface area is 137 Å². The van der Waals surface area contributed by atoms with Crippen molar-refractivity contribution in [2.45, 2.75) is 25.4 Å². The molecule has 1 atom stereocenters. The fraction of sp³-hybridized carbons (Fsp3) is 0.500. The first-order valence-electron chi connectivity index (χ1n) is 8.56. The second kappa shape index (κ2) is 6.72. The zero-order valence-electron chi connectivity index (χ0n) is 13.4. The molecular formula is C18H24N4O. The van der Waals surface area contributed by atoms with E-state index in [9.17, 15) is 0 Å². The zero-order valence-corrected chi connectivity index (χ0v) is 13.4. The molecule has 0 amide bonds. The number of aromatic amines is 1. The lowest BCUT2D eigenvalue weighted by atomic mass is 10.1. The molecule has 5 nitrogen and oxygen atoms in total. The van der Waals surface area contributed by atoms with Crippen LogP contribution in [0.15, 0.2) is 36.5 Å². The molecule has 2 aliphatic rings. The Morgan fingerprint density at radius 1 is 1.13 bits per heavy atom. The predicted molar refractivity (Wildman–Crippen MR) is 90.4 cm³/mol. The van der Waals surface area contributed by atoms with Crippen molar-refractivity contribution >= 4 is 5.69 Å². The minimum atomic E-state index is 0.262. The van der Waals surface area contributed by atoms with Gasteiger partial charge in [-0.1, -0.05) is 18.2 Å². The van der Waals surface area contributed by atoms with Gasteiger partial charge >= 0.3 is 0 Å². The standard InChI is InChI=1S/C18H24N4O/c1-2-6-17(21-9-3-4-10-21)15(5-1)13-22-11-12-23-14-18(22)16-7-8-19-20-16/h1-2,5-8,18H,3-4,9-14H2,(H,19,20)/t18-/m1/s1. The number of hydrogen-bond donors (Lipinski definition) is 1. The Morgan fingerprint density at radius 2 is 2.00 bits per heavy atom. The van der Waals surface area contributed by atoms with Crippen LogP contribution in [0.4, 0.5) is 5.69 Å². The summed E-state index contributed by atoms with van der Waals surface area (Å²) >= 11 is 0. The fourth-order valence-corrected chi connectivity index (χ4v) is 3.70. The molecule has 4 rings (SSSR count). The molecule has 3 heterocycles. The van der Waals surface area contributed by atoms with Gasteiger partial charge in [0.2, 0.25) is 0 Å². The van der Waals surface area contributed by atoms with Crippen molar-refractivity contribution in [2.75, 3.05) is 37.7 Å². The first-order chi connectivity index (χ1) is 11.4. The van der Waals surface area contributed by atoms with E-state index < -0.39 is 0 Å². The van der Waals surface area contributed by atoms with E-state index in [0.717, 1.165) is 32.0 Å². The van der Waals surface area contributed by atoms with E-state index in [2.05, 4.69) is 50.3 Å². The molecule has 0 radical (unpaired) electrons. The number of aromatic nitrogens is 2. The largest absolute Gasteiger partial charge is 0.378 e. The molecule has 2 fully saturated rings. The van der Waals surface area contributed by atoms with Crippen molar-refractivity contribution in [2.24, 2.45) is 0 Å². The highest BCUT2D eigenvalue weighted by molar-refractivity contribution is 5.54. The van der Waals surface area contributed by atoms with Crippen LogP contribution in [0, 0.1) is 0 Å². The van der Waals surface area contributed by atoms with Crippen LogP contribution < -0.4 is 4.90 Å². The van der Waals surface area contributed by atoms with Gasteiger partial charge in [0.1, 0.15) is 0 Å². The van der Waals surface area contributed by atoms with E-state index in [1.54, 1.807) is 0 Å². The maximum atomic E-state index is 5.70. The smallest absolute Gasteiger partial charge is 0.0755 e. The number of para-hydroxylation sites is 1. The third-order valence-corrected chi connectivity index (χ3v) is 4.93. The van der Waals surface area contributed by atoms with Crippen molar-refractivity contribution in [1.29, 1.82) is 0 Å². The number of benzene rings is 1. The van der Waals surface area contributed by atoms with E-state index in [1.807, 2.05) is 6.20 Å².